The fourth-order valence-electron chi connectivity index (χ4n) is 2.10. The van der Waals surface area contributed by atoms with Crippen molar-refractivity contribution in [3.05, 3.63) is 53.6 Å². The number of hydrogen-bond donors (Lipinski definition) is 1. The van der Waals surface area contributed by atoms with E-state index in [9.17, 15) is 5.11 Å². The molecular formula is C16H14N2O2. The number of phenols is 1. The average Bonchev–Trinajstić information content (AvgIpc) is 2.92. The maximum atomic E-state index is 10.1. The number of phenolic OH excluding ortho intramolecular Hbond substituents is 1. The lowest BCUT2D eigenvalue weighted by atomic mass is 10.1. The molecule has 0 amide bonds. The van der Waals surface area contributed by atoms with Crippen molar-refractivity contribution in [2.24, 2.45) is 0 Å². The number of aromatic hydroxyl groups is 1. The molecule has 0 spiro atoms. The van der Waals surface area contributed by atoms with Gasteiger partial charge in [0.25, 0.3) is 5.89 Å². The van der Waals surface area contributed by atoms with E-state index in [1.165, 1.54) is 0 Å². The zero-order valence-corrected chi connectivity index (χ0v) is 11.3. The van der Waals surface area contributed by atoms with Crippen molar-refractivity contribution in [1.82, 2.24) is 10.1 Å². The zero-order valence-electron chi connectivity index (χ0n) is 11.3. The summed E-state index contributed by atoms with van der Waals surface area (Å²) in [5.74, 6) is 1.02. The first-order valence-corrected chi connectivity index (χ1v) is 6.35. The smallest absolute Gasteiger partial charge is 0.262 e. The van der Waals surface area contributed by atoms with Crippen molar-refractivity contribution in [2.45, 2.75) is 13.8 Å². The van der Waals surface area contributed by atoms with Crippen LogP contribution in [-0.2, 0) is 0 Å². The highest BCUT2D eigenvalue weighted by molar-refractivity contribution is 5.67. The van der Waals surface area contributed by atoms with Crippen molar-refractivity contribution < 1.29 is 9.63 Å². The van der Waals surface area contributed by atoms with Gasteiger partial charge in [0.05, 0.1) is 5.56 Å². The van der Waals surface area contributed by atoms with Crippen molar-refractivity contribution in [3.63, 3.8) is 0 Å². The van der Waals surface area contributed by atoms with Crippen LogP contribution in [-0.4, -0.2) is 15.2 Å². The Bertz CT molecular complexity index is 763. The minimum absolute atomic E-state index is 0.174. The molecule has 1 heterocycles. The van der Waals surface area contributed by atoms with Gasteiger partial charge >= 0.3 is 0 Å². The quantitative estimate of drug-likeness (QED) is 0.767. The fraction of sp³-hybridized carbons (Fsp3) is 0.125. The van der Waals surface area contributed by atoms with Gasteiger partial charge in [0.15, 0.2) is 0 Å². The third kappa shape index (κ3) is 2.05. The van der Waals surface area contributed by atoms with Gasteiger partial charge in [-0.15, -0.1) is 0 Å². The molecule has 3 aromatic rings. The monoisotopic (exact) mass is 266 g/mol. The maximum Gasteiger partial charge on any atom is 0.262 e. The maximum absolute atomic E-state index is 10.1. The van der Waals surface area contributed by atoms with Gasteiger partial charge < -0.3 is 9.63 Å². The summed E-state index contributed by atoms with van der Waals surface area (Å²) in [4.78, 5) is 4.38. The molecule has 20 heavy (non-hydrogen) atoms. The van der Waals surface area contributed by atoms with E-state index >= 15 is 0 Å². The number of aromatic nitrogens is 2. The van der Waals surface area contributed by atoms with E-state index in [0.717, 1.165) is 16.7 Å². The van der Waals surface area contributed by atoms with Crippen LogP contribution in [0.25, 0.3) is 22.8 Å². The Kier molecular flexibility index (Phi) is 2.99. The predicted molar refractivity (Wildman–Crippen MR) is 76.3 cm³/mol. The molecule has 0 aliphatic heterocycles. The first-order chi connectivity index (χ1) is 9.66. The second-order valence-electron chi connectivity index (χ2n) is 4.71. The molecule has 0 aliphatic rings. The highest BCUT2D eigenvalue weighted by Crippen LogP contribution is 2.32. The molecule has 4 nitrogen and oxygen atoms in total. The number of benzene rings is 2. The molecule has 0 radical (unpaired) electrons. The van der Waals surface area contributed by atoms with Crippen LogP contribution in [0.5, 0.6) is 5.75 Å². The number of nitrogens with zero attached hydrogens (tertiary/aromatic N) is 2. The van der Waals surface area contributed by atoms with Gasteiger partial charge in [0.1, 0.15) is 5.75 Å². The molecule has 0 bridgehead atoms. The molecule has 0 unspecified atom stereocenters. The van der Waals surface area contributed by atoms with Crippen LogP contribution in [0.4, 0.5) is 0 Å². The van der Waals surface area contributed by atoms with E-state index in [-0.39, 0.29) is 5.75 Å². The minimum Gasteiger partial charge on any atom is -0.507 e. The Labute approximate surface area is 116 Å². The summed E-state index contributed by atoms with van der Waals surface area (Å²) in [6.07, 6.45) is 0. The Morgan fingerprint density at radius 2 is 1.60 bits per heavy atom. The Hall–Kier alpha value is -2.62. The molecule has 0 atom stereocenters. The third-order valence-corrected chi connectivity index (χ3v) is 3.28. The van der Waals surface area contributed by atoms with E-state index in [1.807, 2.05) is 50.2 Å². The fourth-order valence-corrected chi connectivity index (χ4v) is 2.10. The normalized spacial score (nSPS) is 10.7. The number of hydrogen-bond acceptors (Lipinski definition) is 4. The van der Waals surface area contributed by atoms with E-state index in [1.54, 1.807) is 6.07 Å². The third-order valence-electron chi connectivity index (χ3n) is 3.28. The first-order valence-electron chi connectivity index (χ1n) is 6.35. The molecular weight excluding hydrogens is 252 g/mol. The highest BCUT2D eigenvalue weighted by Gasteiger charge is 2.15. The zero-order chi connectivity index (χ0) is 14.1. The summed E-state index contributed by atoms with van der Waals surface area (Å²) >= 11 is 0. The van der Waals surface area contributed by atoms with Crippen LogP contribution in [0, 0.1) is 13.8 Å². The SMILES string of the molecule is Cc1ccccc1-c1noc(-c2cccc(C)c2O)n1. The van der Waals surface area contributed by atoms with E-state index in [0.29, 0.717) is 17.3 Å². The Morgan fingerprint density at radius 3 is 2.40 bits per heavy atom. The highest BCUT2D eigenvalue weighted by atomic mass is 16.5. The summed E-state index contributed by atoms with van der Waals surface area (Å²) in [6, 6.07) is 13.3. The van der Waals surface area contributed by atoms with Crippen LogP contribution in [0.1, 0.15) is 11.1 Å². The molecule has 0 aliphatic carbocycles. The van der Waals surface area contributed by atoms with Crippen molar-refractivity contribution in [2.75, 3.05) is 0 Å². The second-order valence-corrected chi connectivity index (χ2v) is 4.71. The van der Waals surface area contributed by atoms with Crippen LogP contribution in [0.2, 0.25) is 0 Å². The topological polar surface area (TPSA) is 59.2 Å². The van der Waals surface area contributed by atoms with Crippen LogP contribution in [0.3, 0.4) is 0 Å². The summed E-state index contributed by atoms with van der Waals surface area (Å²) < 4.78 is 5.27. The van der Waals surface area contributed by atoms with Gasteiger partial charge in [-0.3, -0.25) is 0 Å². The Balaban J connectivity index is 2.07. The number of rotatable bonds is 2. The summed E-state index contributed by atoms with van der Waals surface area (Å²) in [5, 5.41) is 14.1. The summed E-state index contributed by atoms with van der Waals surface area (Å²) in [6.45, 7) is 3.83. The number of para-hydroxylation sites is 1. The van der Waals surface area contributed by atoms with E-state index in [4.69, 9.17) is 4.52 Å². The van der Waals surface area contributed by atoms with Gasteiger partial charge in [-0.1, -0.05) is 41.6 Å². The van der Waals surface area contributed by atoms with E-state index < -0.39 is 0 Å². The summed E-state index contributed by atoms with van der Waals surface area (Å²) in [5.41, 5.74) is 3.33. The molecule has 3 rings (SSSR count). The van der Waals surface area contributed by atoms with Gasteiger partial charge in [-0.2, -0.15) is 4.98 Å². The van der Waals surface area contributed by atoms with Crippen molar-refractivity contribution in [1.29, 1.82) is 0 Å². The van der Waals surface area contributed by atoms with Gasteiger partial charge in [0, 0.05) is 5.56 Å². The largest absolute Gasteiger partial charge is 0.507 e. The van der Waals surface area contributed by atoms with Crippen molar-refractivity contribution in [3.8, 4) is 28.6 Å². The molecule has 2 aromatic carbocycles. The van der Waals surface area contributed by atoms with Gasteiger partial charge in [-0.25, -0.2) is 0 Å². The first kappa shape index (κ1) is 12.4. The van der Waals surface area contributed by atoms with Crippen LogP contribution >= 0.6 is 0 Å². The summed E-state index contributed by atoms with van der Waals surface area (Å²) in [7, 11) is 0. The van der Waals surface area contributed by atoms with Gasteiger partial charge in [0.2, 0.25) is 5.82 Å². The molecule has 0 saturated heterocycles. The van der Waals surface area contributed by atoms with Crippen LogP contribution in [0.15, 0.2) is 47.0 Å². The van der Waals surface area contributed by atoms with Gasteiger partial charge in [-0.05, 0) is 31.0 Å². The predicted octanol–water partition coefficient (Wildman–Crippen LogP) is 3.73. The lowest BCUT2D eigenvalue weighted by Crippen LogP contribution is -1.85. The molecule has 0 fully saturated rings. The molecule has 4 heteroatoms. The molecule has 1 aromatic heterocycles. The number of aryl methyl sites for hydroxylation is 2. The molecule has 100 valence electrons. The van der Waals surface area contributed by atoms with Crippen molar-refractivity contribution >= 4 is 0 Å². The van der Waals surface area contributed by atoms with Crippen LogP contribution < -0.4 is 0 Å². The molecule has 0 saturated carbocycles. The van der Waals surface area contributed by atoms with E-state index in [2.05, 4.69) is 10.1 Å². The standard InChI is InChI=1S/C16H14N2O2/c1-10-6-3-4-8-12(10)15-17-16(20-18-15)13-9-5-7-11(2)14(13)19/h3-9,19H,1-2H3. The lowest BCUT2D eigenvalue weighted by molar-refractivity contribution is 0.425. The average molecular weight is 266 g/mol. The lowest BCUT2D eigenvalue weighted by Gasteiger charge is -2.01. The minimum atomic E-state index is 0.174. The molecule has 1 N–H and O–H groups in total. The second kappa shape index (κ2) is 4.81. The Morgan fingerprint density at radius 1 is 0.900 bits per heavy atom.